The van der Waals surface area contributed by atoms with Crippen LogP contribution >= 0.6 is 0 Å². The standard InChI is InChI=1S/C17H22N2O4S/c1-10-5-11(2)17(8-20)7-13(10)16(23-9-17)12-3-4-14-15(6-12)19-24(21,22)18-14/h3-6,11,13,16,18-20H,7-9H2,1-2H3. The van der Waals surface area contributed by atoms with Gasteiger partial charge in [0.05, 0.1) is 30.7 Å². The highest BCUT2D eigenvalue weighted by molar-refractivity contribution is 7.94. The Balaban J connectivity index is 1.69. The van der Waals surface area contributed by atoms with E-state index in [2.05, 4.69) is 29.4 Å². The molecule has 3 N–H and O–H groups in total. The molecule has 6 nitrogen and oxygen atoms in total. The molecule has 2 bridgehead atoms. The third kappa shape index (κ3) is 2.34. The third-order valence-corrected chi connectivity index (χ3v) is 6.76. The van der Waals surface area contributed by atoms with Crippen molar-refractivity contribution in [3.05, 3.63) is 35.4 Å². The maximum atomic E-state index is 11.6. The number of rotatable bonds is 2. The third-order valence-electron chi connectivity index (χ3n) is 5.78. The summed E-state index contributed by atoms with van der Waals surface area (Å²) in [6, 6.07) is 5.52. The minimum absolute atomic E-state index is 0.120. The SMILES string of the molecule is CC1=CC(C)C2(CO)COC(c3ccc4c(c3)NS(=O)(=O)N4)C1C2. The van der Waals surface area contributed by atoms with Gasteiger partial charge in [0, 0.05) is 11.3 Å². The fraction of sp³-hybridized carbons (Fsp3) is 0.529. The van der Waals surface area contributed by atoms with Crippen molar-refractivity contribution >= 4 is 21.6 Å². The topological polar surface area (TPSA) is 87.7 Å². The van der Waals surface area contributed by atoms with E-state index in [1.165, 1.54) is 5.57 Å². The number of aliphatic hydroxyl groups excluding tert-OH is 1. The van der Waals surface area contributed by atoms with Crippen molar-refractivity contribution in [3.63, 3.8) is 0 Å². The van der Waals surface area contributed by atoms with Crippen molar-refractivity contribution in [2.45, 2.75) is 26.4 Å². The lowest BCUT2D eigenvalue weighted by Crippen LogP contribution is -2.47. The monoisotopic (exact) mass is 350 g/mol. The summed E-state index contributed by atoms with van der Waals surface area (Å²) in [5.41, 5.74) is 3.14. The number of nitrogens with one attached hydrogen (secondary N) is 2. The van der Waals surface area contributed by atoms with Crippen LogP contribution in [0.5, 0.6) is 0 Å². The van der Waals surface area contributed by atoms with Crippen LogP contribution in [-0.4, -0.2) is 26.7 Å². The van der Waals surface area contributed by atoms with Crippen LogP contribution in [-0.2, 0) is 14.9 Å². The van der Waals surface area contributed by atoms with Gasteiger partial charge in [-0.3, -0.25) is 9.44 Å². The molecule has 0 amide bonds. The van der Waals surface area contributed by atoms with E-state index in [4.69, 9.17) is 4.74 Å². The molecule has 2 aliphatic heterocycles. The number of ether oxygens (including phenoxy) is 1. The molecule has 1 saturated heterocycles. The molecule has 1 fully saturated rings. The van der Waals surface area contributed by atoms with Gasteiger partial charge in [0.15, 0.2) is 0 Å². The molecule has 0 spiro atoms. The first-order valence-corrected chi connectivity index (χ1v) is 9.67. The van der Waals surface area contributed by atoms with Gasteiger partial charge in [0.1, 0.15) is 0 Å². The van der Waals surface area contributed by atoms with Gasteiger partial charge in [-0.1, -0.05) is 24.6 Å². The molecule has 0 aromatic heterocycles. The average molecular weight is 350 g/mol. The van der Waals surface area contributed by atoms with Gasteiger partial charge in [-0.15, -0.1) is 0 Å². The first kappa shape index (κ1) is 15.9. The lowest BCUT2D eigenvalue weighted by Gasteiger charge is -2.50. The van der Waals surface area contributed by atoms with Gasteiger partial charge in [-0.2, -0.15) is 8.42 Å². The van der Waals surface area contributed by atoms with E-state index in [0.29, 0.717) is 18.0 Å². The van der Waals surface area contributed by atoms with Gasteiger partial charge in [-0.05, 0) is 37.0 Å². The van der Waals surface area contributed by atoms with Crippen molar-refractivity contribution < 1.29 is 18.3 Å². The van der Waals surface area contributed by atoms with E-state index >= 15 is 0 Å². The number of aliphatic hydroxyl groups is 1. The van der Waals surface area contributed by atoms with Crippen molar-refractivity contribution in [2.75, 3.05) is 22.7 Å². The molecule has 2 heterocycles. The van der Waals surface area contributed by atoms with Gasteiger partial charge in [-0.25, -0.2) is 0 Å². The van der Waals surface area contributed by atoms with E-state index in [1.54, 1.807) is 6.07 Å². The molecule has 130 valence electrons. The molecule has 4 rings (SSSR count). The van der Waals surface area contributed by atoms with E-state index < -0.39 is 10.2 Å². The van der Waals surface area contributed by atoms with E-state index in [9.17, 15) is 13.5 Å². The smallest absolute Gasteiger partial charge is 0.321 e. The van der Waals surface area contributed by atoms with Crippen LogP contribution in [0.2, 0.25) is 0 Å². The highest BCUT2D eigenvalue weighted by Gasteiger charge is 2.48. The second-order valence-electron chi connectivity index (χ2n) is 7.27. The number of allylic oxidation sites excluding steroid dienone is 1. The second kappa shape index (κ2) is 5.21. The first-order chi connectivity index (χ1) is 11.3. The predicted octanol–water partition coefficient (Wildman–Crippen LogP) is 2.42. The van der Waals surface area contributed by atoms with Gasteiger partial charge in [0.2, 0.25) is 0 Å². The van der Waals surface area contributed by atoms with Crippen LogP contribution in [0.1, 0.15) is 31.9 Å². The summed E-state index contributed by atoms with van der Waals surface area (Å²) < 4.78 is 34.4. The Labute approximate surface area is 142 Å². The zero-order chi connectivity index (χ0) is 17.1. The predicted molar refractivity (Wildman–Crippen MR) is 91.8 cm³/mol. The van der Waals surface area contributed by atoms with Crippen LogP contribution in [0.3, 0.4) is 0 Å². The summed E-state index contributed by atoms with van der Waals surface area (Å²) in [6.07, 6.45) is 3.01. The van der Waals surface area contributed by atoms with Crippen LogP contribution in [0, 0.1) is 17.3 Å². The number of benzene rings is 1. The summed E-state index contributed by atoms with van der Waals surface area (Å²) in [5.74, 6) is 0.488. The Hall–Kier alpha value is -1.57. The van der Waals surface area contributed by atoms with Crippen molar-refractivity contribution in [3.8, 4) is 0 Å². The lowest BCUT2D eigenvalue weighted by atomic mass is 9.62. The number of anilines is 2. The highest BCUT2D eigenvalue weighted by atomic mass is 32.2. The molecule has 0 saturated carbocycles. The second-order valence-corrected chi connectivity index (χ2v) is 8.69. The molecular weight excluding hydrogens is 328 g/mol. The average Bonchev–Trinajstić information content (AvgIpc) is 2.85. The summed E-state index contributed by atoms with van der Waals surface area (Å²) >= 11 is 0. The van der Waals surface area contributed by atoms with Crippen LogP contribution in [0.15, 0.2) is 29.8 Å². The fourth-order valence-electron chi connectivity index (χ4n) is 4.20. The zero-order valence-electron chi connectivity index (χ0n) is 13.7. The Morgan fingerprint density at radius 2 is 2.08 bits per heavy atom. The Morgan fingerprint density at radius 3 is 2.83 bits per heavy atom. The molecular formula is C17H22N2O4S. The van der Waals surface area contributed by atoms with E-state index in [1.807, 2.05) is 12.1 Å². The summed E-state index contributed by atoms with van der Waals surface area (Å²) in [4.78, 5) is 0. The molecule has 1 aliphatic carbocycles. The Kier molecular flexibility index (Phi) is 3.46. The number of hydrogen-bond donors (Lipinski definition) is 3. The molecule has 7 heteroatoms. The first-order valence-electron chi connectivity index (χ1n) is 8.19. The molecule has 4 atom stereocenters. The van der Waals surface area contributed by atoms with Crippen LogP contribution in [0.25, 0.3) is 0 Å². The van der Waals surface area contributed by atoms with E-state index in [-0.39, 0.29) is 30.0 Å². The number of fused-ring (bicyclic) bond motifs is 3. The molecule has 1 aromatic carbocycles. The summed E-state index contributed by atoms with van der Waals surface area (Å²) in [6.45, 7) is 4.88. The molecule has 0 radical (unpaired) electrons. The minimum Gasteiger partial charge on any atom is -0.396 e. The maximum Gasteiger partial charge on any atom is 0.321 e. The Morgan fingerprint density at radius 1 is 1.33 bits per heavy atom. The maximum absolute atomic E-state index is 11.6. The normalized spacial score (nSPS) is 36.3. The fourth-order valence-corrected chi connectivity index (χ4v) is 5.17. The quantitative estimate of drug-likeness (QED) is 0.715. The van der Waals surface area contributed by atoms with Crippen LogP contribution < -0.4 is 9.44 Å². The van der Waals surface area contributed by atoms with Gasteiger partial charge >= 0.3 is 10.2 Å². The highest BCUT2D eigenvalue weighted by Crippen LogP contribution is 2.52. The summed E-state index contributed by atoms with van der Waals surface area (Å²) in [7, 11) is -3.49. The molecule has 24 heavy (non-hydrogen) atoms. The lowest BCUT2D eigenvalue weighted by molar-refractivity contribution is -0.130. The van der Waals surface area contributed by atoms with Gasteiger partial charge in [0.25, 0.3) is 0 Å². The van der Waals surface area contributed by atoms with Crippen molar-refractivity contribution in [2.24, 2.45) is 17.3 Å². The largest absolute Gasteiger partial charge is 0.396 e. The van der Waals surface area contributed by atoms with Crippen molar-refractivity contribution in [1.82, 2.24) is 0 Å². The van der Waals surface area contributed by atoms with Gasteiger partial charge < -0.3 is 9.84 Å². The van der Waals surface area contributed by atoms with E-state index in [0.717, 1.165) is 12.0 Å². The number of hydrogen-bond acceptors (Lipinski definition) is 4. The minimum atomic E-state index is -3.49. The van der Waals surface area contributed by atoms with Crippen LogP contribution in [0.4, 0.5) is 11.4 Å². The van der Waals surface area contributed by atoms with Crippen molar-refractivity contribution in [1.29, 1.82) is 0 Å². The Bertz CT molecular complexity index is 820. The molecule has 1 aromatic rings. The zero-order valence-corrected chi connectivity index (χ0v) is 14.6. The summed E-state index contributed by atoms with van der Waals surface area (Å²) in [5, 5.41) is 9.90. The molecule has 4 unspecified atom stereocenters. The molecule has 3 aliphatic rings.